The van der Waals surface area contributed by atoms with Gasteiger partial charge in [0.25, 0.3) is 5.91 Å². The number of rotatable bonds is 5. The number of quaternary nitrogens is 1. The Labute approximate surface area is 166 Å². The van der Waals surface area contributed by atoms with Crippen LogP contribution >= 0.6 is 23.6 Å². The average Bonchev–Trinajstić information content (AvgIpc) is 3.26. The number of hydrogen-bond donors (Lipinski definition) is 4. The van der Waals surface area contributed by atoms with Gasteiger partial charge in [-0.2, -0.15) is 0 Å². The number of fused-ring (bicyclic) bond motifs is 1. The molecule has 2 aromatic rings. The van der Waals surface area contributed by atoms with Crippen LogP contribution in [-0.2, 0) is 17.8 Å². The third kappa shape index (κ3) is 4.62. The number of likely N-dealkylation sites (N-methyl/N-ethyl adjacent to an activating group) is 1. The third-order valence-electron chi connectivity index (χ3n) is 4.38. The topological polar surface area (TPSA) is 102 Å². The van der Waals surface area contributed by atoms with Crippen molar-refractivity contribution in [2.24, 2.45) is 5.73 Å². The highest BCUT2D eigenvalue weighted by Crippen LogP contribution is 2.34. The minimum Gasteiger partial charge on any atom is -0.465 e. The van der Waals surface area contributed by atoms with E-state index in [0.29, 0.717) is 16.3 Å². The monoisotopic (exact) mass is 405 g/mol. The fraction of sp³-hybridized carbons (Fsp3) is 0.278. The molecule has 1 aliphatic heterocycles. The second-order valence-corrected chi connectivity index (χ2v) is 7.66. The van der Waals surface area contributed by atoms with Crippen LogP contribution in [0.4, 0.5) is 5.00 Å². The molecule has 2 aromatic heterocycles. The normalized spacial score (nSPS) is 16.1. The SMILES string of the molecule is CC[NH+]1CCc2c(sc(NC(=S)NC(=O)C=Cc3ccco3)c2C(N)=O)C1. The van der Waals surface area contributed by atoms with E-state index in [2.05, 4.69) is 17.6 Å². The van der Waals surface area contributed by atoms with Gasteiger partial charge >= 0.3 is 0 Å². The summed E-state index contributed by atoms with van der Waals surface area (Å²) in [4.78, 5) is 26.6. The summed E-state index contributed by atoms with van der Waals surface area (Å²) in [5, 5.41) is 6.22. The summed E-state index contributed by atoms with van der Waals surface area (Å²) in [6.45, 7) is 5.01. The van der Waals surface area contributed by atoms with Crippen molar-refractivity contribution < 1.29 is 18.9 Å². The molecule has 142 valence electrons. The van der Waals surface area contributed by atoms with Gasteiger partial charge in [-0.15, -0.1) is 11.3 Å². The molecule has 1 unspecified atom stereocenters. The van der Waals surface area contributed by atoms with Crippen LogP contribution in [-0.4, -0.2) is 30.0 Å². The molecule has 7 nitrogen and oxygen atoms in total. The number of anilines is 1. The maximum absolute atomic E-state index is 12.0. The summed E-state index contributed by atoms with van der Waals surface area (Å²) in [5.41, 5.74) is 7.08. The van der Waals surface area contributed by atoms with Crippen LogP contribution in [0.5, 0.6) is 0 Å². The number of thiocarbonyl (C=S) groups is 1. The molecule has 0 saturated heterocycles. The molecule has 2 amide bonds. The van der Waals surface area contributed by atoms with Gasteiger partial charge in [0.15, 0.2) is 5.11 Å². The first-order valence-corrected chi connectivity index (χ1v) is 9.81. The van der Waals surface area contributed by atoms with Crippen molar-refractivity contribution in [1.82, 2.24) is 5.32 Å². The Bertz CT molecular complexity index is 887. The lowest BCUT2D eigenvalue weighted by Crippen LogP contribution is -3.11. The lowest BCUT2D eigenvalue weighted by Gasteiger charge is -2.22. The maximum Gasteiger partial charge on any atom is 0.252 e. The number of amides is 2. The van der Waals surface area contributed by atoms with Crippen LogP contribution in [0.3, 0.4) is 0 Å². The van der Waals surface area contributed by atoms with Gasteiger partial charge < -0.3 is 20.4 Å². The van der Waals surface area contributed by atoms with Crippen LogP contribution in [0, 0.1) is 0 Å². The first-order chi connectivity index (χ1) is 13.0. The van der Waals surface area contributed by atoms with E-state index in [1.807, 2.05) is 0 Å². The highest BCUT2D eigenvalue weighted by molar-refractivity contribution is 7.80. The molecule has 0 spiro atoms. The lowest BCUT2D eigenvalue weighted by molar-refractivity contribution is -0.913. The lowest BCUT2D eigenvalue weighted by atomic mass is 10.0. The van der Waals surface area contributed by atoms with Gasteiger partial charge in [0.2, 0.25) is 5.91 Å². The second-order valence-electron chi connectivity index (χ2n) is 6.14. The van der Waals surface area contributed by atoms with Crippen molar-refractivity contribution in [2.75, 3.05) is 18.4 Å². The fourth-order valence-corrected chi connectivity index (χ4v) is 4.62. The molecule has 9 heteroatoms. The molecule has 0 saturated carbocycles. The molecule has 0 radical (unpaired) electrons. The minimum absolute atomic E-state index is 0.116. The van der Waals surface area contributed by atoms with Crippen LogP contribution in [0.15, 0.2) is 28.9 Å². The van der Waals surface area contributed by atoms with E-state index in [4.69, 9.17) is 22.4 Å². The van der Waals surface area contributed by atoms with Gasteiger partial charge in [-0.3, -0.25) is 14.9 Å². The Balaban J connectivity index is 1.69. The zero-order valence-electron chi connectivity index (χ0n) is 14.8. The van der Waals surface area contributed by atoms with Gasteiger partial charge in [-0.25, -0.2) is 0 Å². The van der Waals surface area contributed by atoms with E-state index < -0.39 is 11.8 Å². The highest BCUT2D eigenvalue weighted by Gasteiger charge is 2.28. The minimum atomic E-state index is -0.484. The van der Waals surface area contributed by atoms with E-state index in [0.717, 1.165) is 36.5 Å². The zero-order valence-corrected chi connectivity index (χ0v) is 16.5. The van der Waals surface area contributed by atoms with E-state index in [9.17, 15) is 9.59 Å². The predicted octanol–water partition coefficient (Wildman–Crippen LogP) is 0.927. The smallest absolute Gasteiger partial charge is 0.252 e. The number of furan rings is 1. The van der Waals surface area contributed by atoms with Crippen molar-refractivity contribution in [3.05, 3.63) is 46.2 Å². The number of hydrogen-bond acceptors (Lipinski definition) is 5. The Morgan fingerprint density at radius 3 is 2.96 bits per heavy atom. The summed E-state index contributed by atoms with van der Waals surface area (Å²) in [6.07, 6.45) is 5.19. The predicted molar refractivity (Wildman–Crippen MR) is 109 cm³/mol. The van der Waals surface area contributed by atoms with E-state index >= 15 is 0 Å². The molecule has 5 N–H and O–H groups in total. The molecular weight excluding hydrogens is 384 g/mol. The summed E-state index contributed by atoms with van der Waals surface area (Å²) in [7, 11) is 0. The van der Waals surface area contributed by atoms with Gasteiger partial charge in [-0.05, 0) is 42.9 Å². The average molecular weight is 406 g/mol. The van der Waals surface area contributed by atoms with Crippen molar-refractivity contribution in [3.63, 3.8) is 0 Å². The Morgan fingerprint density at radius 1 is 1.48 bits per heavy atom. The quantitative estimate of drug-likeness (QED) is 0.438. The number of primary amides is 1. The first kappa shape index (κ1) is 19.3. The van der Waals surface area contributed by atoms with Crippen LogP contribution in [0.25, 0.3) is 6.08 Å². The van der Waals surface area contributed by atoms with Crippen LogP contribution < -0.4 is 21.3 Å². The molecule has 0 fully saturated rings. The number of thiophene rings is 1. The van der Waals surface area contributed by atoms with E-state index in [1.54, 1.807) is 18.2 Å². The van der Waals surface area contributed by atoms with Gasteiger partial charge in [0.05, 0.1) is 29.8 Å². The molecule has 3 rings (SSSR count). The number of carbonyl (C=O) groups is 2. The third-order valence-corrected chi connectivity index (χ3v) is 5.73. The molecule has 0 aliphatic carbocycles. The number of carbonyl (C=O) groups excluding carboxylic acids is 2. The first-order valence-electron chi connectivity index (χ1n) is 8.59. The molecular formula is C18H21N4O3S2+. The number of nitrogens with two attached hydrogens (primary N) is 1. The maximum atomic E-state index is 12.0. The largest absolute Gasteiger partial charge is 0.465 e. The van der Waals surface area contributed by atoms with Crippen molar-refractivity contribution in [2.45, 2.75) is 19.9 Å². The molecule has 0 aromatic carbocycles. The van der Waals surface area contributed by atoms with Crippen LogP contribution in [0.2, 0.25) is 0 Å². The summed E-state index contributed by atoms with van der Waals surface area (Å²) in [6, 6.07) is 3.46. The molecule has 3 heterocycles. The summed E-state index contributed by atoms with van der Waals surface area (Å²) >= 11 is 6.68. The van der Waals surface area contributed by atoms with Gasteiger partial charge in [0, 0.05) is 12.5 Å². The van der Waals surface area contributed by atoms with E-state index in [1.165, 1.54) is 28.6 Å². The van der Waals surface area contributed by atoms with Crippen molar-refractivity contribution >= 4 is 51.6 Å². The molecule has 1 atom stereocenters. The standard InChI is InChI=1S/C18H20N4O3S2/c1-2-22-8-7-12-13(10-22)27-17(15(12)16(19)24)21-18(26)20-14(23)6-5-11-4-3-9-25-11/h3-6,9H,2,7-8,10H2,1H3,(H2,19,24)(H2,20,21,23,26)/p+1. The van der Waals surface area contributed by atoms with E-state index in [-0.39, 0.29) is 5.11 Å². The summed E-state index contributed by atoms with van der Waals surface area (Å²) < 4.78 is 5.12. The van der Waals surface area contributed by atoms with Crippen molar-refractivity contribution in [1.29, 1.82) is 0 Å². The molecule has 0 bridgehead atoms. The Morgan fingerprint density at radius 2 is 2.30 bits per heavy atom. The Hall–Kier alpha value is -2.49. The van der Waals surface area contributed by atoms with Crippen molar-refractivity contribution in [3.8, 4) is 0 Å². The highest BCUT2D eigenvalue weighted by atomic mass is 32.1. The molecule has 27 heavy (non-hydrogen) atoms. The Kier molecular flexibility index (Phi) is 6.04. The fourth-order valence-electron chi connectivity index (χ4n) is 3.02. The number of nitrogens with one attached hydrogen (secondary N) is 3. The van der Waals surface area contributed by atoms with Crippen LogP contribution in [0.1, 0.15) is 33.5 Å². The zero-order chi connectivity index (χ0) is 19.4. The van der Waals surface area contributed by atoms with Gasteiger partial charge in [0.1, 0.15) is 17.3 Å². The molecule has 1 aliphatic rings. The second kappa shape index (κ2) is 8.47. The summed E-state index contributed by atoms with van der Waals surface area (Å²) in [5.74, 6) is -0.316. The van der Waals surface area contributed by atoms with Gasteiger partial charge in [-0.1, -0.05) is 0 Å².